The Labute approximate surface area is 110 Å². The maximum absolute atomic E-state index is 5.79. The van der Waals surface area contributed by atoms with Gasteiger partial charge < -0.3 is 10.5 Å². The third-order valence-electron chi connectivity index (χ3n) is 2.47. The molecule has 0 fully saturated rings. The van der Waals surface area contributed by atoms with E-state index in [0.29, 0.717) is 0 Å². The average molecular weight is 292 g/mol. The largest absolute Gasteiger partial charge is 0.456 e. The predicted octanol–water partition coefficient (Wildman–Crippen LogP) is 4.26. The first kappa shape index (κ1) is 12.1. The first-order valence-corrected chi connectivity index (χ1v) is 6.24. The summed E-state index contributed by atoms with van der Waals surface area (Å²) in [5.41, 5.74) is 6.89. The summed E-state index contributed by atoms with van der Waals surface area (Å²) in [6.45, 7) is 1.96. The summed E-state index contributed by atoms with van der Waals surface area (Å²) < 4.78 is 6.70. The first-order valence-electron chi connectivity index (χ1n) is 5.45. The molecule has 2 N–H and O–H groups in total. The Morgan fingerprint density at radius 3 is 2.29 bits per heavy atom. The SMILES string of the molecule is C[C@@H](N)c1ccc(Oc2ccccc2Br)cc1. The van der Waals surface area contributed by atoms with Crippen LogP contribution in [0.25, 0.3) is 0 Å². The minimum absolute atomic E-state index is 0.0486. The summed E-state index contributed by atoms with van der Waals surface area (Å²) in [5.74, 6) is 1.61. The summed E-state index contributed by atoms with van der Waals surface area (Å²) in [7, 11) is 0. The van der Waals surface area contributed by atoms with Crippen LogP contribution in [0.4, 0.5) is 0 Å². The zero-order valence-corrected chi connectivity index (χ0v) is 11.1. The van der Waals surface area contributed by atoms with Crippen LogP contribution in [0.1, 0.15) is 18.5 Å². The molecule has 0 heterocycles. The van der Waals surface area contributed by atoms with E-state index in [1.807, 2.05) is 55.5 Å². The Morgan fingerprint density at radius 1 is 1.06 bits per heavy atom. The maximum atomic E-state index is 5.79. The van der Waals surface area contributed by atoms with Gasteiger partial charge in [0.1, 0.15) is 11.5 Å². The van der Waals surface area contributed by atoms with E-state index >= 15 is 0 Å². The topological polar surface area (TPSA) is 35.2 Å². The monoisotopic (exact) mass is 291 g/mol. The lowest BCUT2D eigenvalue weighted by atomic mass is 10.1. The number of benzene rings is 2. The normalized spacial score (nSPS) is 12.2. The summed E-state index contributed by atoms with van der Waals surface area (Å²) in [4.78, 5) is 0. The third kappa shape index (κ3) is 3.08. The highest BCUT2D eigenvalue weighted by Crippen LogP contribution is 2.29. The van der Waals surface area contributed by atoms with Gasteiger partial charge in [0.15, 0.2) is 0 Å². The van der Waals surface area contributed by atoms with E-state index in [0.717, 1.165) is 21.5 Å². The number of halogens is 1. The van der Waals surface area contributed by atoms with Gasteiger partial charge in [-0.1, -0.05) is 24.3 Å². The van der Waals surface area contributed by atoms with Crippen molar-refractivity contribution >= 4 is 15.9 Å². The minimum atomic E-state index is 0.0486. The van der Waals surface area contributed by atoms with Crippen LogP contribution in [0.5, 0.6) is 11.5 Å². The fraction of sp³-hybridized carbons (Fsp3) is 0.143. The summed E-state index contributed by atoms with van der Waals surface area (Å²) >= 11 is 3.45. The highest BCUT2D eigenvalue weighted by atomic mass is 79.9. The van der Waals surface area contributed by atoms with Crippen LogP contribution < -0.4 is 10.5 Å². The van der Waals surface area contributed by atoms with Crippen LogP contribution in [-0.2, 0) is 0 Å². The molecule has 88 valence electrons. The van der Waals surface area contributed by atoms with Crippen molar-refractivity contribution in [2.45, 2.75) is 13.0 Å². The predicted molar refractivity (Wildman–Crippen MR) is 73.3 cm³/mol. The molecule has 17 heavy (non-hydrogen) atoms. The first-order chi connectivity index (χ1) is 8.16. The molecule has 0 aliphatic carbocycles. The zero-order valence-electron chi connectivity index (χ0n) is 9.56. The van der Waals surface area contributed by atoms with Gasteiger partial charge in [0.05, 0.1) is 4.47 Å². The Balaban J connectivity index is 2.17. The lowest BCUT2D eigenvalue weighted by molar-refractivity contribution is 0.479. The van der Waals surface area contributed by atoms with E-state index in [1.165, 1.54) is 0 Å². The van der Waals surface area contributed by atoms with Gasteiger partial charge in [-0.2, -0.15) is 0 Å². The van der Waals surface area contributed by atoms with Gasteiger partial charge in [-0.25, -0.2) is 0 Å². The molecule has 0 amide bonds. The minimum Gasteiger partial charge on any atom is -0.456 e. The van der Waals surface area contributed by atoms with Crippen LogP contribution in [0, 0.1) is 0 Å². The Morgan fingerprint density at radius 2 is 1.71 bits per heavy atom. The van der Waals surface area contributed by atoms with Crippen molar-refractivity contribution in [3.63, 3.8) is 0 Å². The molecular formula is C14H14BrNO. The molecule has 1 atom stereocenters. The van der Waals surface area contributed by atoms with E-state index < -0.39 is 0 Å². The molecule has 0 unspecified atom stereocenters. The standard InChI is InChI=1S/C14H14BrNO/c1-10(16)11-6-8-12(9-7-11)17-14-5-3-2-4-13(14)15/h2-10H,16H2,1H3/t10-/m1/s1. The molecular weight excluding hydrogens is 278 g/mol. The van der Waals surface area contributed by atoms with Crippen molar-refractivity contribution in [2.75, 3.05) is 0 Å². The molecule has 2 rings (SSSR count). The Kier molecular flexibility index (Phi) is 3.82. The number of nitrogens with two attached hydrogens (primary N) is 1. The maximum Gasteiger partial charge on any atom is 0.141 e. The average Bonchev–Trinajstić information content (AvgIpc) is 2.33. The molecule has 0 aliphatic heterocycles. The molecule has 0 aromatic heterocycles. The van der Waals surface area contributed by atoms with Gasteiger partial charge in [0.2, 0.25) is 0 Å². The van der Waals surface area contributed by atoms with Crippen LogP contribution in [-0.4, -0.2) is 0 Å². The number of hydrogen-bond donors (Lipinski definition) is 1. The molecule has 0 spiro atoms. The highest BCUT2D eigenvalue weighted by Gasteiger charge is 2.03. The van der Waals surface area contributed by atoms with Gasteiger partial charge in [-0.15, -0.1) is 0 Å². The highest BCUT2D eigenvalue weighted by molar-refractivity contribution is 9.10. The number of para-hydroxylation sites is 1. The van der Waals surface area contributed by atoms with Gasteiger partial charge in [0, 0.05) is 6.04 Å². The molecule has 0 saturated carbocycles. The summed E-state index contributed by atoms with van der Waals surface area (Å²) in [5, 5.41) is 0. The lowest BCUT2D eigenvalue weighted by Crippen LogP contribution is -2.04. The molecule has 0 bridgehead atoms. The fourth-order valence-electron chi connectivity index (χ4n) is 1.49. The van der Waals surface area contributed by atoms with Crippen molar-refractivity contribution in [2.24, 2.45) is 5.73 Å². The van der Waals surface area contributed by atoms with E-state index in [2.05, 4.69) is 15.9 Å². The zero-order chi connectivity index (χ0) is 12.3. The Hall–Kier alpha value is -1.32. The van der Waals surface area contributed by atoms with Gasteiger partial charge in [-0.3, -0.25) is 0 Å². The molecule has 0 saturated heterocycles. The van der Waals surface area contributed by atoms with Crippen molar-refractivity contribution in [1.29, 1.82) is 0 Å². The molecule has 3 heteroatoms. The molecule has 2 aromatic carbocycles. The summed E-state index contributed by atoms with van der Waals surface area (Å²) in [6, 6.07) is 15.6. The van der Waals surface area contributed by atoms with E-state index in [-0.39, 0.29) is 6.04 Å². The third-order valence-corrected chi connectivity index (χ3v) is 3.13. The second kappa shape index (κ2) is 5.34. The summed E-state index contributed by atoms with van der Waals surface area (Å²) in [6.07, 6.45) is 0. The van der Waals surface area contributed by atoms with Crippen molar-refractivity contribution < 1.29 is 4.74 Å². The molecule has 0 aliphatic rings. The second-order valence-electron chi connectivity index (χ2n) is 3.89. The molecule has 0 radical (unpaired) electrons. The number of rotatable bonds is 3. The van der Waals surface area contributed by atoms with Gasteiger partial charge in [0.25, 0.3) is 0 Å². The van der Waals surface area contributed by atoms with Gasteiger partial charge in [-0.05, 0) is 52.7 Å². The van der Waals surface area contributed by atoms with E-state index in [1.54, 1.807) is 0 Å². The lowest BCUT2D eigenvalue weighted by Gasteiger charge is -2.09. The molecule has 2 aromatic rings. The quantitative estimate of drug-likeness (QED) is 0.917. The number of hydrogen-bond acceptors (Lipinski definition) is 2. The Bertz CT molecular complexity index is 494. The smallest absolute Gasteiger partial charge is 0.141 e. The van der Waals surface area contributed by atoms with Crippen LogP contribution >= 0.6 is 15.9 Å². The van der Waals surface area contributed by atoms with Crippen molar-refractivity contribution in [3.8, 4) is 11.5 Å². The molecule has 2 nitrogen and oxygen atoms in total. The van der Waals surface area contributed by atoms with Gasteiger partial charge >= 0.3 is 0 Å². The fourth-order valence-corrected chi connectivity index (χ4v) is 1.86. The van der Waals surface area contributed by atoms with E-state index in [9.17, 15) is 0 Å². The van der Waals surface area contributed by atoms with E-state index in [4.69, 9.17) is 10.5 Å². The van der Waals surface area contributed by atoms with Crippen LogP contribution in [0.15, 0.2) is 53.0 Å². The van der Waals surface area contributed by atoms with Crippen molar-refractivity contribution in [3.05, 3.63) is 58.6 Å². The second-order valence-corrected chi connectivity index (χ2v) is 4.74. The van der Waals surface area contributed by atoms with Crippen LogP contribution in [0.3, 0.4) is 0 Å². The van der Waals surface area contributed by atoms with Crippen LogP contribution in [0.2, 0.25) is 0 Å². The number of ether oxygens (including phenoxy) is 1. The van der Waals surface area contributed by atoms with Crippen molar-refractivity contribution in [1.82, 2.24) is 0 Å².